The molecule has 1 unspecified atom stereocenters. The van der Waals surface area contributed by atoms with Crippen LogP contribution in [-0.2, 0) is 16.0 Å². The van der Waals surface area contributed by atoms with Crippen molar-refractivity contribution in [1.29, 1.82) is 0 Å². The Kier molecular flexibility index (Phi) is 6.41. The quantitative estimate of drug-likeness (QED) is 0.728. The maximum Gasteiger partial charge on any atom is 0.248 e. The first-order chi connectivity index (χ1) is 9.08. The lowest BCUT2D eigenvalue weighted by Crippen LogP contribution is -2.31. The Bertz CT molecular complexity index is 426. The Morgan fingerprint density at radius 1 is 1.47 bits per heavy atom. The minimum Gasteiger partial charge on any atom is -0.382 e. The van der Waals surface area contributed by atoms with Crippen LogP contribution in [0.2, 0.25) is 0 Å². The van der Waals surface area contributed by atoms with Gasteiger partial charge < -0.3 is 20.5 Å². The number of primary amides is 1. The fraction of sp³-hybridized carbons (Fsp3) is 0.462. The highest BCUT2D eigenvalue weighted by atomic mass is 19.1. The first kappa shape index (κ1) is 15.6. The van der Waals surface area contributed by atoms with Crippen molar-refractivity contribution in [3.05, 3.63) is 35.1 Å². The molecular weight excluding hydrogens is 251 g/mol. The van der Waals surface area contributed by atoms with Crippen LogP contribution in [0.3, 0.4) is 0 Å². The molecule has 1 aromatic rings. The van der Waals surface area contributed by atoms with Crippen LogP contribution < -0.4 is 11.1 Å². The number of benzene rings is 1. The van der Waals surface area contributed by atoms with Crippen molar-refractivity contribution in [2.45, 2.75) is 12.6 Å². The number of ether oxygens (including phenoxy) is 2. The van der Waals surface area contributed by atoms with E-state index < -0.39 is 11.7 Å². The number of hydrogen-bond donors (Lipinski definition) is 2. The molecule has 0 aliphatic carbocycles. The van der Waals surface area contributed by atoms with Crippen LogP contribution in [0.4, 0.5) is 4.39 Å². The van der Waals surface area contributed by atoms with Crippen molar-refractivity contribution >= 4 is 5.91 Å². The van der Waals surface area contributed by atoms with E-state index in [1.54, 1.807) is 20.3 Å². The van der Waals surface area contributed by atoms with Gasteiger partial charge in [-0.2, -0.15) is 0 Å². The predicted octanol–water partition coefficient (Wildman–Crippen LogP) is 0.676. The van der Waals surface area contributed by atoms with Crippen molar-refractivity contribution in [2.75, 3.05) is 27.4 Å². The first-order valence-corrected chi connectivity index (χ1v) is 5.89. The molecule has 0 spiro atoms. The molecule has 1 rings (SSSR count). The number of methoxy groups -OCH3 is 2. The van der Waals surface area contributed by atoms with E-state index in [1.807, 2.05) is 0 Å². The Hall–Kier alpha value is -1.50. The lowest BCUT2D eigenvalue weighted by molar-refractivity contribution is 0.0287. The molecule has 106 valence electrons. The Balaban J connectivity index is 2.51. The highest BCUT2D eigenvalue weighted by Gasteiger charge is 2.09. The van der Waals surface area contributed by atoms with Gasteiger partial charge in [0, 0.05) is 38.4 Å². The molecule has 0 fully saturated rings. The summed E-state index contributed by atoms with van der Waals surface area (Å²) in [7, 11) is 3.18. The van der Waals surface area contributed by atoms with Crippen molar-refractivity contribution in [1.82, 2.24) is 5.32 Å². The Morgan fingerprint density at radius 2 is 2.21 bits per heavy atom. The third-order valence-electron chi connectivity index (χ3n) is 2.71. The summed E-state index contributed by atoms with van der Waals surface area (Å²) in [4.78, 5) is 10.9. The summed E-state index contributed by atoms with van der Waals surface area (Å²) in [6, 6.07) is 4.19. The molecule has 0 saturated heterocycles. The number of carbonyl (C=O) groups excluding carboxylic acids is 1. The first-order valence-electron chi connectivity index (χ1n) is 5.89. The van der Waals surface area contributed by atoms with Crippen LogP contribution >= 0.6 is 0 Å². The van der Waals surface area contributed by atoms with Crippen LogP contribution in [0.15, 0.2) is 18.2 Å². The molecule has 5 nitrogen and oxygen atoms in total. The molecule has 0 bridgehead atoms. The van der Waals surface area contributed by atoms with Gasteiger partial charge in [-0.1, -0.05) is 6.07 Å². The smallest absolute Gasteiger partial charge is 0.248 e. The zero-order chi connectivity index (χ0) is 14.3. The van der Waals surface area contributed by atoms with Gasteiger partial charge in [-0.3, -0.25) is 4.79 Å². The molecule has 1 aromatic carbocycles. The number of nitrogens with one attached hydrogen (secondary N) is 1. The summed E-state index contributed by atoms with van der Waals surface area (Å²) in [6.45, 7) is 1.35. The number of rotatable bonds is 8. The van der Waals surface area contributed by atoms with E-state index in [9.17, 15) is 9.18 Å². The third kappa shape index (κ3) is 4.94. The zero-order valence-corrected chi connectivity index (χ0v) is 11.1. The predicted molar refractivity (Wildman–Crippen MR) is 69.3 cm³/mol. The van der Waals surface area contributed by atoms with E-state index in [2.05, 4.69) is 5.32 Å². The molecule has 0 radical (unpaired) electrons. The number of hydrogen-bond acceptors (Lipinski definition) is 4. The zero-order valence-electron chi connectivity index (χ0n) is 11.1. The molecule has 1 amide bonds. The molecule has 0 aliphatic heterocycles. The minimum atomic E-state index is -0.641. The monoisotopic (exact) mass is 270 g/mol. The average Bonchev–Trinajstić information content (AvgIpc) is 2.39. The number of amides is 1. The van der Waals surface area contributed by atoms with Gasteiger partial charge in [0.2, 0.25) is 5.91 Å². The van der Waals surface area contributed by atoms with Gasteiger partial charge in [-0.15, -0.1) is 0 Å². The summed E-state index contributed by atoms with van der Waals surface area (Å²) >= 11 is 0. The van der Waals surface area contributed by atoms with E-state index in [4.69, 9.17) is 15.2 Å². The van der Waals surface area contributed by atoms with Crippen LogP contribution in [-0.4, -0.2) is 39.4 Å². The Labute approximate surface area is 111 Å². The summed E-state index contributed by atoms with van der Waals surface area (Å²) in [5, 5.41) is 3.07. The number of carbonyl (C=O) groups is 1. The van der Waals surface area contributed by atoms with Crippen molar-refractivity contribution in [2.24, 2.45) is 5.73 Å². The topological polar surface area (TPSA) is 73.6 Å². The van der Waals surface area contributed by atoms with Gasteiger partial charge in [-0.05, 0) is 12.1 Å². The second-order valence-corrected chi connectivity index (χ2v) is 4.11. The van der Waals surface area contributed by atoms with Crippen molar-refractivity contribution < 1.29 is 18.7 Å². The minimum absolute atomic E-state index is 0.0852. The SMILES string of the molecule is COCC(CNCc1ccc(C(N)=O)cc1F)OC. The third-order valence-corrected chi connectivity index (χ3v) is 2.71. The lowest BCUT2D eigenvalue weighted by atomic mass is 10.1. The molecular formula is C13H19FN2O3. The van der Waals surface area contributed by atoms with E-state index in [1.165, 1.54) is 6.07 Å². The second kappa shape index (κ2) is 7.83. The number of halogens is 1. The highest BCUT2D eigenvalue weighted by molar-refractivity contribution is 5.92. The molecule has 1 atom stereocenters. The van der Waals surface area contributed by atoms with E-state index in [-0.39, 0.29) is 11.7 Å². The van der Waals surface area contributed by atoms with Crippen LogP contribution in [0.25, 0.3) is 0 Å². The van der Waals surface area contributed by atoms with Gasteiger partial charge in [0.1, 0.15) is 5.82 Å². The maximum atomic E-state index is 13.7. The van der Waals surface area contributed by atoms with E-state index >= 15 is 0 Å². The standard InChI is InChI=1S/C13H19FN2O3/c1-18-8-11(19-2)7-16-6-10-4-3-9(13(15)17)5-12(10)14/h3-5,11,16H,6-8H2,1-2H3,(H2,15,17). The van der Waals surface area contributed by atoms with Gasteiger partial charge in [0.05, 0.1) is 12.7 Å². The van der Waals surface area contributed by atoms with Gasteiger partial charge in [0.15, 0.2) is 0 Å². The van der Waals surface area contributed by atoms with Crippen LogP contribution in [0, 0.1) is 5.82 Å². The fourth-order valence-electron chi connectivity index (χ4n) is 1.61. The highest BCUT2D eigenvalue weighted by Crippen LogP contribution is 2.10. The van der Waals surface area contributed by atoms with E-state index in [0.29, 0.717) is 25.3 Å². The maximum absolute atomic E-state index is 13.7. The molecule has 6 heteroatoms. The Morgan fingerprint density at radius 3 is 2.74 bits per heavy atom. The molecule has 0 aromatic heterocycles. The van der Waals surface area contributed by atoms with Gasteiger partial charge in [0.25, 0.3) is 0 Å². The molecule has 0 heterocycles. The average molecular weight is 270 g/mol. The van der Waals surface area contributed by atoms with Crippen LogP contribution in [0.1, 0.15) is 15.9 Å². The van der Waals surface area contributed by atoms with Crippen molar-refractivity contribution in [3.8, 4) is 0 Å². The summed E-state index contributed by atoms with van der Waals surface area (Å²) < 4.78 is 23.8. The molecule has 19 heavy (non-hydrogen) atoms. The lowest BCUT2D eigenvalue weighted by Gasteiger charge is -2.15. The van der Waals surface area contributed by atoms with Crippen LogP contribution in [0.5, 0.6) is 0 Å². The summed E-state index contributed by atoms with van der Waals surface area (Å²) in [5.74, 6) is -1.09. The summed E-state index contributed by atoms with van der Waals surface area (Å²) in [6.07, 6.45) is -0.0852. The van der Waals surface area contributed by atoms with Crippen molar-refractivity contribution in [3.63, 3.8) is 0 Å². The second-order valence-electron chi connectivity index (χ2n) is 4.11. The summed E-state index contributed by atoms with van der Waals surface area (Å²) in [5.41, 5.74) is 5.70. The van der Waals surface area contributed by atoms with Gasteiger partial charge in [-0.25, -0.2) is 4.39 Å². The molecule has 0 aliphatic rings. The number of nitrogens with two attached hydrogens (primary N) is 1. The van der Waals surface area contributed by atoms with Gasteiger partial charge >= 0.3 is 0 Å². The fourth-order valence-corrected chi connectivity index (χ4v) is 1.61. The molecule has 0 saturated carbocycles. The molecule has 3 N–H and O–H groups in total. The van der Waals surface area contributed by atoms with E-state index in [0.717, 1.165) is 6.07 Å². The largest absolute Gasteiger partial charge is 0.382 e. The normalized spacial score (nSPS) is 12.4.